The van der Waals surface area contributed by atoms with Crippen LogP contribution in [-0.2, 0) is 0 Å². The lowest BCUT2D eigenvalue weighted by atomic mass is 10.1. The topological polar surface area (TPSA) is 32.3 Å². The molecule has 0 bridgehead atoms. The van der Waals surface area contributed by atoms with E-state index >= 15 is 0 Å². The molecule has 0 saturated carbocycles. The van der Waals surface area contributed by atoms with E-state index in [1.165, 1.54) is 0 Å². The highest BCUT2D eigenvalue weighted by atomic mass is 79.9. The molecule has 5 heteroatoms. The highest BCUT2D eigenvalue weighted by Crippen LogP contribution is 2.27. The normalized spacial score (nSPS) is 15.3. The predicted octanol–water partition coefficient (Wildman–Crippen LogP) is 2.93. The number of carbonyl (C=O) groups excluding carboxylic acids is 1. The van der Waals surface area contributed by atoms with Crippen LogP contribution in [0.2, 0.25) is 5.02 Å². The number of nitrogens with zero attached hydrogens (tertiary/aromatic N) is 1. The first kappa shape index (κ1) is 13.8. The van der Waals surface area contributed by atoms with Crippen LogP contribution < -0.4 is 5.32 Å². The molecule has 0 radical (unpaired) electrons. The number of carbonyl (C=O) groups is 1. The maximum Gasteiger partial charge on any atom is 0.255 e. The van der Waals surface area contributed by atoms with Gasteiger partial charge in [-0.2, -0.15) is 0 Å². The second-order valence-corrected chi connectivity index (χ2v) is 5.64. The molecule has 1 saturated heterocycles. The monoisotopic (exact) mass is 330 g/mol. The fourth-order valence-corrected chi connectivity index (χ4v) is 2.58. The van der Waals surface area contributed by atoms with Gasteiger partial charge in [0.2, 0.25) is 0 Å². The van der Waals surface area contributed by atoms with Crippen molar-refractivity contribution >= 4 is 33.4 Å². The Morgan fingerprint density at radius 2 is 2.28 bits per heavy atom. The molecule has 1 fully saturated rings. The third-order valence-corrected chi connectivity index (χ3v) is 4.40. The van der Waals surface area contributed by atoms with E-state index in [2.05, 4.69) is 28.2 Å². The SMILES string of the molecule is CCCN(C(=O)c1cccc(Br)c1Cl)C1CNC1. The molecule has 0 unspecified atom stereocenters. The predicted molar refractivity (Wildman–Crippen MR) is 77.1 cm³/mol. The van der Waals surface area contributed by atoms with Crippen LogP contribution >= 0.6 is 27.5 Å². The minimum absolute atomic E-state index is 0.0228. The molecule has 0 atom stereocenters. The van der Waals surface area contributed by atoms with Crippen LogP contribution in [0.25, 0.3) is 0 Å². The van der Waals surface area contributed by atoms with E-state index in [0.29, 0.717) is 16.6 Å². The zero-order valence-electron chi connectivity index (χ0n) is 10.2. The molecular formula is C13H16BrClN2O. The summed E-state index contributed by atoms with van der Waals surface area (Å²) in [4.78, 5) is 14.5. The van der Waals surface area contributed by atoms with Crippen molar-refractivity contribution in [2.75, 3.05) is 19.6 Å². The molecule has 1 amide bonds. The van der Waals surface area contributed by atoms with Gasteiger partial charge in [-0.05, 0) is 34.5 Å². The van der Waals surface area contributed by atoms with Crippen molar-refractivity contribution in [3.05, 3.63) is 33.3 Å². The molecule has 18 heavy (non-hydrogen) atoms. The van der Waals surface area contributed by atoms with E-state index in [-0.39, 0.29) is 5.91 Å². The van der Waals surface area contributed by atoms with Crippen LogP contribution in [-0.4, -0.2) is 36.5 Å². The van der Waals surface area contributed by atoms with Gasteiger partial charge in [-0.3, -0.25) is 4.79 Å². The second kappa shape index (κ2) is 6.04. The molecule has 1 aliphatic rings. The van der Waals surface area contributed by atoms with Gasteiger partial charge in [0.15, 0.2) is 0 Å². The van der Waals surface area contributed by atoms with Gasteiger partial charge < -0.3 is 10.2 Å². The van der Waals surface area contributed by atoms with E-state index in [1.807, 2.05) is 17.0 Å². The Morgan fingerprint density at radius 3 is 2.83 bits per heavy atom. The molecule has 0 aromatic heterocycles. The zero-order chi connectivity index (χ0) is 13.1. The summed E-state index contributed by atoms with van der Waals surface area (Å²) in [5.74, 6) is 0.0228. The number of rotatable bonds is 4. The van der Waals surface area contributed by atoms with Crippen molar-refractivity contribution in [1.82, 2.24) is 10.2 Å². The van der Waals surface area contributed by atoms with Gasteiger partial charge in [-0.25, -0.2) is 0 Å². The summed E-state index contributed by atoms with van der Waals surface area (Å²) in [5, 5.41) is 3.69. The summed E-state index contributed by atoms with van der Waals surface area (Å²) >= 11 is 9.54. The number of amides is 1. The van der Waals surface area contributed by atoms with Crippen LogP contribution in [0.3, 0.4) is 0 Å². The summed E-state index contributed by atoms with van der Waals surface area (Å²) in [6, 6.07) is 5.76. The van der Waals surface area contributed by atoms with Crippen molar-refractivity contribution in [2.24, 2.45) is 0 Å². The quantitative estimate of drug-likeness (QED) is 0.920. The molecule has 1 aliphatic heterocycles. The molecule has 3 nitrogen and oxygen atoms in total. The lowest BCUT2D eigenvalue weighted by Gasteiger charge is -2.38. The fraction of sp³-hybridized carbons (Fsp3) is 0.462. The minimum Gasteiger partial charge on any atom is -0.333 e. The first-order valence-electron chi connectivity index (χ1n) is 6.10. The Kier molecular flexibility index (Phi) is 4.65. The van der Waals surface area contributed by atoms with Crippen molar-refractivity contribution in [3.8, 4) is 0 Å². The Balaban J connectivity index is 2.24. The van der Waals surface area contributed by atoms with E-state index in [0.717, 1.165) is 30.5 Å². The average Bonchev–Trinajstić information content (AvgIpc) is 2.29. The summed E-state index contributed by atoms with van der Waals surface area (Å²) in [6.07, 6.45) is 0.952. The standard InChI is InChI=1S/C13H16BrClN2O/c1-2-6-17(9-7-16-8-9)13(18)10-4-3-5-11(14)12(10)15/h3-5,9,16H,2,6-8H2,1H3. The molecular weight excluding hydrogens is 316 g/mol. The van der Waals surface area contributed by atoms with Crippen LogP contribution in [0.4, 0.5) is 0 Å². The van der Waals surface area contributed by atoms with E-state index in [4.69, 9.17) is 11.6 Å². The van der Waals surface area contributed by atoms with Crippen LogP contribution in [0.1, 0.15) is 23.7 Å². The Morgan fingerprint density at radius 1 is 1.56 bits per heavy atom. The molecule has 1 aromatic carbocycles. The maximum atomic E-state index is 12.5. The summed E-state index contributed by atoms with van der Waals surface area (Å²) in [6.45, 7) is 4.59. The van der Waals surface area contributed by atoms with Gasteiger partial charge >= 0.3 is 0 Å². The number of hydrogen-bond acceptors (Lipinski definition) is 2. The summed E-state index contributed by atoms with van der Waals surface area (Å²) in [5.41, 5.74) is 0.575. The fourth-order valence-electron chi connectivity index (χ4n) is 2.01. The molecule has 1 N–H and O–H groups in total. The number of halogens is 2. The van der Waals surface area contributed by atoms with E-state index in [1.54, 1.807) is 6.07 Å². The lowest BCUT2D eigenvalue weighted by molar-refractivity contribution is 0.0616. The number of benzene rings is 1. The maximum absolute atomic E-state index is 12.5. The lowest BCUT2D eigenvalue weighted by Crippen LogP contribution is -2.59. The van der Waals surface area contributed by atoms with Gasteiger partial charge in [0.1, 0.15) is 0 Å². The Labute approximate surface area is 121 Å². The van der Waals surface area contributed by atoms with Crippen molar-refractivity contribution < 1.29 is 4.79 Å². The van der Waals surface area contributed by atoms with Crippen LogP contribution in [0.15, 0.2) is 22.7 Å². The van der Waals surface area contributed by atoms with Gasteiger partial charge in [-0.15, -0.1) is 0 Å². The second-order valence-electron chi connectivity index (χ2n) is 4.41. The number of hydrogen-bond donors (Lipinski definition) is 1. The number of nitrogens with one attached hydrogen (secondary N) is 1. The molecule has 1 aromatic rings. The third-order valence-electron chi connectivity index (χ3n) is 3.11. The molecule has 98 valence electrons. The Bertz CT molecular complexity index is 449. The van der Waals surface area contributed by atoms with Crippen molar-refractivity contribution in [3.63, 3.8) is 0 Å². The van der Waals surface area contributed by atoms with Crippen molar-refractivity contribution in [2.45, 2.75) is 19.4 Å². The van der Waals surface area contributed by atoms with Crippen molar-refractivity contribution in [1.29, 1.82) is 0 Å². The van der Waals surface area contributed by atoms with E-state index in [9.17, 15) is 4.79 Å². The van der Waals surface area contributed by atoms with Gasteiger partial charge in [0.05, 0.1) is 16.6 Å². The van der Waals surface area contributed by atoms with Gasteiger partial charge in [-0.1, -0.05) is 24.6 Å². The molecule has 2 rings (SSSR count). The first-order chi connectivity index (χ1) is 8.65. The zero-order valence-corrected chi connectivity index (χ0v) is 12.6. The largest absolute Gasteiger partial charge is 0.333 e. The Hall–Kier alpha value is -0.580. The molecule has 0 spiro atoms. The van der Waals surface area contributed by atoms with Crippen LogP contribution in [0.5, 0.6) is 0 Å². The smallest absolute Gasteiger partial charge is 0.255 e. The molecule has 1 heterocycles. The average molecular weight is 332 g/mol. The van der Waals surface area contributed by atoms with Crippen LogP contribution in [0, 0.1) is 0 Å². The van der Waals surface area contributed by atoms with Gasteiger partial charge in [0, 0.05) is 24.1 Å². The summed E-state index contributed by atoms with van der Waals surface area (Å²) < 4.78 is 0.762. The highest BCUT2D eigenvalue weighted by molar-refractivity contribution is 9.10. The third kappa shape index (κ3) is 2.71. The van der Waals surface area contributed by atoms with Gasteiger partial charge in [0.25, 0.3) is 5.91 Å². The first-order valence-corrected chi connectivity index (χ1v) is 7.28. The highest BCUT2D eigenvalue weighted by Gasteiger charge is 2.29. The minimum atomic E-state index is 0.0228. The summed E-state index contributed by atoms with van der Waals surface area (Å²) in [7, 11) is 0. The van der Waals surface area contributed by atoms with E-state index < -0.39 is 0 Å². The molecule has 0 aliphatic carbocycles.